The number of nitriles is 1. The van der Waals surface area contributed by atoms with E-state index in [1.807, 2.05) is 12.1 Å². The van der Waals surface area contributed by atoms with Crippen LogP contribution in [0.5, 0.6) is 0 Å². The predicted octanol–water partition coefficient (Wildman–Crippen LogP) is 3.41. The first-order valence-electron chi connectivity index (χ1n) is 11.4. The number of aromatic nitrogens is 2. The number of hydrogen-bond acceptors (Lipinski definition) is 6. The molecule has 0 fully saturated rings. The highest BCUT2D eigenvalue weighted by Crippen LogP contribution is 2.26. The lowest BCUT2D eigenvalue weighted by Gasteiger charge is -2.12. The molecule has 4 N–H and O–H groups in total. The highest BCUT2D eigenvalue weighted by molar-refractivity contribution is 7.92. The van der Waals surface area contributed by atoms with Crippen molar-refractivity contribution < 1.29 is 13.2 Å². The average Bonchev–Trinajstić information content (AvgIpc) is 3.12. The second-order valence-corrected chi connectivity index (χ2v) is 10.0. The highest BCUT2D eigenvalue weighted by Gasteiger charge is 2.23. The Kier molecular flexibility index (Phi) is 7.18. The number of nitrogens with two attached hydrogens (primary N) is 1. The van der Waals surface area contributed by atoms with Gasteiger partial charge in [0.15, 0.2) is 0 Å². The van der Waals surface area contributed by atoms with Crippen LogP contribution in [0.2, 0.25) is 0 Å². The van der Waals surface area contributed by atoms with E-state index in [1.54, 1.807) is 73.3 Å². The van der Waals surface area contributed by atoms with Gasteiger partial charge < -0.3 is 11.1 Å². The van der Waals surface area contributed by atoms with Crippen molar-refractivity contribution in [2.45, 2.75) is 11.8 Å². The Morgan fingerprint density at radius 3 is 2.29 bits per heavy atom. The molecule has 10 nitrogen and oxygen atoms in total. The van der Waals surface area contributed by atoms with Crippen LogP contribution in [-0.4, -0.2) is 23.7 Å². The summed E-state index contributed by atoms with van der Waals surface area (Å²) in [5, 5.41) is 12.0. The van der Waals surface area contributed by atoms with E-state index in [-0.39, 0.29) is 27.5 Å². The van der Waals surface area contributed by atoms with Crippen LogP contribution in [0.25, 0.3) is 11.8 Å². The Morgan fingerprint density at radius 2 is 1.66 bits per heavy atom. The summed E-state index contributed by atoms with van der Waals surface area (Å²) in [5.41, 5.74) is 6.83. The number of amides is 1. The monoisotopic (exact) mass is 528 g/mol. The van der Waals surface area contributed by atoms with Gasteiger partial charge in [-0.1, -0.05) is 48.5 Å². The molecule has 0 aliphatic rings. The fraction of sp³-hybridized carbons (Fsp3) is 0.0741. The number of nitrogen functional groups attached to an aromatic ring is 1. The smallest absolute Gasteiger partial charge is 0.296 e. The first-order valence-corrected chi connectivity index (χ1v) is 12.9. The van der Waals surface area contributed by atoms with E-state index in [2.05, 4.69) is 10.0 Å². The molecule has 0 saturated heterocycles. The predicted molar refractivity (Wildman–Crippen MR) is 146 cm³/mol. The molecule has 192 valence electrons. The lowest BCUT2D eigenvalue weighted by Crippen LogP contribution is -2.23. The molecule has 11 heteroatoms. The van der Waals surface area contributed by atoms with Gasteiger partial charge in [0, 0.05) is 7.05 Å². The van der Waals surface area contributed by atoms with E-state index in [0.29, 0.717) is 16.9 Å². The lowest BCUT2D eigenvalue weighted by molar-refractivity contribution is -0.112. The van der Waals surface area contributed by atoms with Crippen LogP contribution in [-0.2, 0) is 21.9 Å². The van der Waals surface area contributed by atoms with E-state index in [9.17, 15) is 23.3 Å². The molecule has 38 heavy (non-hydrogen) atoms. The molecule has 1 amide bonds. The van der Waals surface area contributed by atoms with Crippen LogP contribution in [0.15, 0.2) is 94.1 Å². The number of rotatable bonds is 7. The molecule has 1 heterocycles. The number of anilines is 3. The molecular formula is C27H24N6O4S. The quantitative estimate of drug-likeness (QED) is 0.190. The maximum absolute atomic E-state index is 13.3. The maximum atomic E-state index is 13.3. The Morgan fingerprint density at radius 1 is 1.03 bits per heavy atom. The summed E-state index contributed by atoms with van der Waals surface area (Å²) >= 11 is 0. The van der Waals surface area contributed by atoms with Gasteiger partial charge in [0.1, 0.15) is 17.3 Å². The second-order valence-electron chi connectivity index (χ2n) is 8.33. The summed E-state index contributed by atoms with van der Waals surface area (Å²) in [6.07, 6.45) is 1.41. The summed E-state index contributed by atoms with van der Waals surface area (Å²) in [7, 11) is -2.61. The molecular weight excluding hydrogens is 504 g/mol. The number of nitrogens with one attached hydrogen (secondary N) is 2. The summed E-state index contributed by atoms with van der Waals surface area (Å²) in [4.78, 5) is 25.7. The fourth-order valence-corrected chi connectivity index (χ4v) is 4.89. The first kappa shape index (κ1) is 26.0. The molecule has 4 rings (SSSR count). The van der Waals surface area contributed by atoms with Crippen LogP contribution in [0.4, 0.5) is 17.1 Å². The van der Waals surface area contributed by atoms with Crippen LogP contribution in [0.1, 0.15) is 11.3 Å². The largest absolute Gasteiger partial charge is 0.397 e. The van der Waals surface area contributed by atoms with Crippen molar-refractivity contribution in [1.29, 1.82) is 5.26 Å². The normalized spacial score (nSPS) is 11.6. The van der Waals surface area contributed by atoms with Gasteiger partial charge in [0.05, 0.1) is 27.7 Å². The average molecular weight is 529 g/mol. The van der Waals surface area contributed by atoms with E-state index in [1.165, 1.54) is 29.0 Å². The van der Waals surface area contributed by atoms with Crippen LogP contribution in [0.3, 0.4) is 0 Å². The number of carbonyl (C=O) groups excluding carboxylic acids is 1. The van der Waals surface area contributed by atoms with E-state index >= 15 is 0 Å². The van der Waals surface area contributed by atoms with Crippen molar-refractivity contribution in [1.82, 2.24) is 9.36 Å². The Balaban J connectivity index is 1.64. The van der Waals surface area contributed by atoms with Gasteiger partial charge >= 0.3 is 0 Å². The standard InChI is InChI=1S/C27H24N6O4S/c1-18-25(27(35)33(32(18)2)21-11-7-4-8-12-21)31-38(36,37)22-13-14-23(29)24(16-22)30-26(34)20(17-28)15-19-9-5-3-6-10-19/h3-16,31H,29H2,1-2H3,(H,30,34)/b20-15-. The number of para-hydroxylation sites is 1. The van der Waals surface area contributed by atoms with Crippen LogP contribution in [0, 0.1) is 18.3 Å². The van der Waals surface area contributed by atoms with Gasteiger partial charge in [-0.3, -0.25) is 19.0 Å². The summed E-state index contributed by atoms with van der Waals surface area (Å²) < 4.78 is 31.8. The third kappa shape index (κ3) is 5.21. The molecule has 0 aliphatic carbocycles. The van der Waals surface area contributed by atoms with Crippen LogP contribution < -0.4 is 21.3 Å². The Bertz CT molecular complexity index is 1750. The SMILES string of the molecule is Cc1c(NS(=O)(=O)c2ccc(N)c(NC(=O)/C(C#N)=C\c3ccccc3)c2)c(=O)n(-c2ccccc2)n1C. The molecule has 1 aromatic heterocycles. The van der Waals surface area contributed by atoms with Gasteiger partial charge in [-0.2, -0.15) is 5.26 Å². The first-order chi connectivity index (χ1) is 18.1. The summed E-state index contributed by atoms with van der Waals surface area (Å²) in [5.74, 6) is -0.754. The Hall–Kier alpha value is -5.08. The van der Waals surface area contributed by atoms with Crippen molar-refractivity contribution in [3.05, 3.63) is 106 Å². The number of benzene rings is 3. The molecule has 0 bridgehead atoms. The van der Waals surface area contributed by atoms with Crippen molar-refractivity contribution >= 4 is 39.1 Å². The third-order valence-corrected chi connectivity index (χ3v) is 7.20. The zero-order valence-corrected chi connectivity index (χ0v) is 21.4. The number of carbonyl (C=O) groups is 1. The van der Waals surface area contributed by atoms with Gasteiger partial charge in [-0.15, -0.1) is 0 Å². The number of hydrogen-bond donors (Lipinski definition) is 3. The zero-order valence-electron chi connectivity index (χ0n) is 20.5. The molecule has 0 unspecified atom stereocenters. The van der Waals surface area contributed by atoms with Crippen LogP contribution >= 0.6 is 0 Å². The minimum absolute atomic E-state index is 0.00133. The molecule has 0 aliphatic heterocycles. The van der Waals surface area contributed by atoms with Gasteiger partial charge in [0.25, 0.3) is 21.5 Å². The van der Waals surface area contributed by atoms with Crippen molar-refractivity contribution in [3.63, 3.8) is 0 Å². The molecule has 3 aromatic carbocycles. The number of sulfonamides is 1. The molecule has 0 saturated carbocycles. The Labute approximate surface area is 219 Å². The third-order valence-electron chi connectivity index (χ3n) is 5.85. The minimum Gasteiger partial charge on any atom is -0.397 e. The summed E-state index contributed by atoms with van der Waals surface area (Å²) in [6, 6.07) is 23.2. The van der Waals surface area contributed by atoms with E-state index in [0.717, 1.165) is 0 Å². The molecule has 0 spiro atoms. The van der Waals surface area contributed by atoms with Crippen molar-refractivity contribution in [2.24, 2.45) is 7.05 Å². The molecule has 0 atom stereocenters. The van der Waals surface area contributed by atoms with Crippen molar-refractivity contribution in [3.8, 4) is 11.8 Å². The maximum Gasteiger partial charge on any atom is 0.296 e. The molecule has 4 aromatic rings. The second kappa shape index (κ2) is 10.5. The van der Waals surface area contributed by atoms with Crippen molar-refractivity contribution in [2.75, 3.05) is 15.8 Å². The van der Waals surface area contributed by atoms with E-state index in [4.69, 9.17) is 5.73 Å². The highest BCUT2D eigenvalue weighted by atomic mass is 32.2. The topological polar surface area (TPSA) is 152 Å². The van der Waals surface area contributed by atoms with Gasteiger partial charge in [0.2, 0.25) is 0 Å². The lowest BCUT2D eigenvalue weighted by atomic mass is 10.1. The minimum atomic E-state index is -4.26. The van der Waals surface area contributed by atoms with Gasteiger partial charge in [-0.05, 0) is 48.9 Å². The molecule has 0 radical (unpaired) electrons. The van der Waals surface area contributed by atoms with E-state index < -0.39 is 21.5 Å². The van der Waals surface area contributed by atoms with Gasteiger partial charge in [-0.25, -0.2) is 13.1 Å². The summed E-state index contributed by atoms with van der Waals surface area (Å²) in [6.45, 7) is 1.62. The zero-order chi connectivity index (χ0) is 27.4. The fourth-order valence-electron chi connectivity index (χ4n) is 3.74. The number of nitrogens with zero attached hydrogens (tertiary/aromatic N) is 3.